The van der Waals surface area contributed by atoms with E-state index in [0.717, 1.165) is 10.9 Å². The third-order valence-electron chi connectivity index (χ3n) is 3.02. The zero-order chi connectivity index (χ0) is 14.1. The zero-order valence-corrected chi connectivity index (χ0v) is 10.9. The summed E-state index contributed by atoms with van der Waals surface area (Å²) < 4.78 is 1.69. The van der Waals surface area contributed by atoms with Gasteiger partial charge in [-0.3, -0.25) is 9.48 Å². The lowest BCUT2D eigenvalue weighted by Crippen LogP contribution is -2.13. The maximum atomic E-state index is 12.3. The first-order chi connectivity index (χ1) is 9.65. The second-order valence-corrected chi connectivity index (χ2v) is 4.42. The van der Waals surface area contributed by atoms with Crippen molar-refractivity contribution in [2.24, 2.45) is 7.05 Å². The molecule has 2 heterocycles. The van der Waals surface area contributed by atoms with Crippen molar-refractivity contribution in [2.75, 3.05) is 11.1 Å². The molecule has 0 unspecified atom stereocenters. The summed E-state index contributed by atoms with van der Waals surface area (Å²) in [5.74, 6) is 0.139. The first-order valence-corrected chi connectivity index (χ1v) is 6.10. The van der Waals surface area contributed by atoms with Crippen LogP contribution in [0.4, 0.5) is 11.5 Å². The van der Waals surface area contributed by atoms with Crippen LogP contribution in [0, 0.1) is 0 Å². The molecule has 0 atom stereocenters. The summed E-state index contributed by atoms with van der Waals surface area (Å²) in [6.07, 6.45) is 1.51. The summed E-state index contributed by atoms with van der Waals surface area (Å²) in [6, 6.07) is 10.9. The summed E-state index contributed by atoms with van der Waals surface area (Å²) in [4.78, 5) is 16.2. The summed E-state index contributed by atoms with van der Waals surface area (Å²) in [5.41, 5.74) is 7.39. The van der Waals surface area contributed by atoms with Crippen LogP contribution in [0.5, 0.6) is 0 Å². The van der Waals surface area contributed by atoms with Crippen molar-refractivity contribution in [3.63, 3.8) is 0 Å². The number of aryl methyl sites for hydroxylation is 1. The molecule has 6 heteroatoms. The summed E-state index contributed by atoms with van der Waals surface area (Å²) >= 11 is 0. The van der Waals surface area contributed by atoms with Gasteiger partial charge in [0.15, 0.2) is 5.69 Å². The maximum Gasteiger partial charge on any atom is 0.276 e. The Labute approximate surface area is 115 Å². The standard InChI is InChI=1S/C14H13N5O/c1-19-11-5-3-2-4-10(11)13(18-19)14(20)17-9-6-7-12(15)16-8-9/h2-8H,1H3,(H2,15,16)(H,17,20). The number of hydrogen-bond acceptors (Lipinski definition) is 4. The van der Waals surface area contributed by atoms with Crippen LogP contribution in [0.15, 0.2) is 42.6 Å². The SMILES string of the molecule is Cn1nc(C(=O)Nc2ccc(N)nc2)c2ccccc21. The van der Waals surface area contributed by atoms with Gasteiger partial charge in [-0.05, 0) is 18.2 Å². The lowest BCUT2D eigenvalue weighted by molar-refractivity contribution is 0.102. The van der Waals surface area contributed by atoms with Crippen molar-refractivity contribution in [3.05, 3.63) is 48.3 Å². The summed E-state index contributed by atoms with van der Waals surface area (Å²) in [5, 5.41) is 7.84. The predicted molar refractivity (Wildman–Crippen MR) is 77.3 cm³/mol. The van der Waals surface area contributed by atoms with E-state index in [0.29, 0.717) is 17.2 Å². The van der Waals surface area contributed by atoms with Crippen LogP contribution in [-0.2, 0) is 7.05 Å². The fourth-order valence-corrected chi connectivity index (χ4v) is 2.05. The van der Waals surface area contributed by atoms with E-state index in [1.165, 1.54) is 6.20 Å². The molecule has 0 fully saturated rings. The van der Waals surface area contributed by atoms with E-state index < -0.39 is 0 Å². The van der Waals surface area contributed by atoms with E-state index >= 15 is 0 Å². The largest absolute Gasteiger partial charge is 0.384 e. The number of benzene rings is 1. The number of nitrogen functional groups attached to an aromatic ring is 1. The molecule has 0 aliphatic heterocycles. The van der Waals surface area contributed by atoms with Gasteiger partial charge in [0.2, 0.25) is 0 Å². The van der Waals surface area contributed by atoms with E-state index in [2.05, 4.69) is 15.4 Å². The van der Waals surface area contributed by atoms with Gasteiger partial charge in [-0.15, -0.1) is 0 Å². The van der Waals surface area contributed by atoms with Crippen LogP contribution < -0.4 is 11.1 Å². The highest BCUT2D eigenvalue weighted by Gasteiger charge is 2.15. The van der Waals surface area contributed by atoms with Crippen molar-refractivity contribution >= 4 is 28.3 Å². The van der Waals surface area contributed by atoms with Gasteiger partial charge in [0.25, 0.3) is 5.91 Å². The van der Waals surface area contributed by atoms with Crippen molar-refractivity contribution in [3.8, 4) is 0 Å². The molecule has 0 spiro atoms. The molecule has 6 nitrogen and oxygen atoms in total. The van der Waals surface area contributed by atoms with Crippen LogP contribution in [0.1, 0.15) is 10.5 Å². The fourth-order valence-electron chi connectivity index (χ4n) is 2.05. The molecular weight excluding hydrogens is 254 g/mol. The van der Waals surface area contributed by atoms with Crippen molar-refractivity contribution in [2.45, 2.75) is 0 Å². The van der Waals surface area contributed by atoms with Crippen molar-refractivity contribution in [1.82, 2.24) is 14.8 Å². The Bertz CT molecular complexity index is 776. The molecule has 0 bridgehead atoms. The predicted octanol–water partition coefficient (Wildman–Crippen LogP) is 1.80. The lowest BCUT2D eigenvalue weighted by Gasteiger charge is -2.03. The quantitative estimate of drug-likeness (QED) is 0.741. The number of amides is 1. The Morgan fingerprint density at radius 2 is 2.05 bits per heavy atom. The Morgan fingerprint density at radius 3 is 2.80 bits per heavy atom. The van der Waals surface area contributed by atoms with Crippen LogP contribution in [0.2, 0.25) is 0 Å². The minimum absolute atomic E-state index is 0.270. The van der Waals surface area contributed by atoms with E-state index in [1.807, 2.05) is 31.3 Å². The van der Waals surface area contributed by atoms with E-state index in [9.17, 15) is 4.79 Å². The second kappa shape index (κ2) is 4.65. The maximum absolute atomic E-state index is 12.3. The van der Waals surface area contributed by atoms with E-state index in [4.69, 9.17) is 5.73 Å². The van der Waals surface area contributed by atoms with Gasteiger partial charge in [-0.25, -0.2) is 4.98 Å². The molecule has 0 radical (unpaired) electrons. The van der Waals surface area contributed by atoms with Gasteiger partial charge >= 0.3 is 0 Å². The zero-order valence-electron chi connectivity index (χ0n) is 10.9. The average Bonchev–Trinajstić information content (AvgIpc) is 2.79. The number of hydrogen-bond donors (Lipinski definition) is 2. The fraction of sp³-hybridized carbons (Fsp3) is 0.0714. The first-order valence-electron chi connectivity index (χ1n) is 6.10. The average molecular weight is 267 g/mol. The number of nitrogens with zero attached hydrogens (tertiary/aromatic N) is 3. The molecule has 20 heavy (non-hydrogen) atoms. The van der Waals surface area contributed by atoms with Gasteiger partial charge < -0.3 is 11.1 Å². The molecule has 1 aromatic carbocycles. The minimum atomic E-state index is -0.270. The highest BCUT2D eigenvalue weighted by Crippen LogP contribution is 2.18. The number of para-hydroxylation sites is 1. The number of fused-ring (bicyclic) bond motifs is 1. The Hall–Kier alpha value is -2.89. The number of pyridine rings is 1. The minimum Gasteiger partial charge on any atom is -0.384 e. The number of carbonyl (C=O) groups is 1. The molecule has 0 aliphatic rings. The number of carbonyl (C=O) groups excluding carboxylic acids is 1. The molecule has 0 saturated carbocycles. The molecule has 3 aromatic rings. The molecular formula is C14H13N5O. The number of aromatic nitrogens is 3. The smallest absolute Gasteiger partial charge is 0.276 e. The van der Waals surface area contributed by atoms with E-state index in [-0.39, 0.29) is 5.91 Å². The van der Waals surface area contributed by atoms with Gasteiger partial charge in [0.05, 0.1) is 17.4 Å². The molecule has 100 valence electrons. The van der Waals surface area contributed by atoms with Crippen LogP contribution >= 0.6 is 0 Å². The number of anilines is 2. The normalized spacial score (nSPS) is 10.7. The molecule has 0 saturated heterocycles. The number of nitrogens with one attached hydrogen (secondary N) is 1. The highest BCUT2D eigenvalue weighted by molar-refractivity contribution is 6.11. The van der Waals surface area contributed by atoms with Gasteiger partial charge in [0, 0.05) is 12.4 Å². The molecule has 0 aliphatic carbocycles. The molecule has 2 aromatic heterocycles. The third kappa shape index (κ3) is 2.07. The van der Waals surface area contributed by atoms with Gasteiger partial charge in [-0.1, -0.05) is 18.2 Å². The van der Waals surface area contributed by atoms with Crippen molar-refractivity contribution in [1.29, 1.82) is 0 Å². The Balaban J connectivity index is 1.95. The number of rotatable bonds is 2. The van der Waals surface area contributed by atoms with Crippen LogP contribution in [0.25, 0.3) is 10.9 Å². The topological polar surface area (TPSA) is 85.8 Å². The highest BCUT2D eigenvalue weighted by atomic mass is 16.2. The van der Waals surface area contributed by atoms with Crippen LogP contribution in [0.3, 0.4) is 0 Å². The van der Waals surface area contributed by atoms with Crippen molar-refractivity contribution < 1.29 is 4.79 Å². The lowest BCUT2D eigenvalue weighted by atomic mass is 10.2. The van der Waals surface area contributed by atoms with Crippen LogP contribution in [-0.4, -0.2) is 20.7 Å². The summed E-state index contributed by atoms with van der Waals surface area (Å²) in [7, 11) is 1.81. The summed E-state index contributed by atoms with van der Waals surface area (Å²) in [6.45, 7) is 0. The molecule has 3 N–H and O–H groups in total. The third-order valence-corrected chi connectivity index (χ3v) is 3.02. The first kappa shape index (κ1) is 12.2. The second-order valence-electron chi connectivity index (χ2n) is 4.42. The monoisotopic (exact) mass is 267 g/mol. The van der Waals surface area contributed by atoms with Gasteiger partial charge in [0.1, 0.15) is 5.82 Å². The van der Waals surface area contributed by atoms with E-state index in [1.54, 1.807) is 16.8 Å². The molecule has 1 amide bonds. The number of nitrogens with two attached hydrogens (primary N) is 1. The Kier molecular flexibility index (Phi) is 2.83. The van der Waals surface area contributed by atoms with Gasteiger partial charge in [-0.2, -0.15) is 5.10 Å². The Morgan fingerprint density at radius 1 is 1.25 bits per heavy atom. The molecule has 3 rings (SSSR count).